The number of halogens is 3. The molecule has 0 radical (unpaired) electrons. The molecule has 0 bridgehead atoms. The molecule has 19 heavy (non-hydrogen) atoms. The Labute approximate surface area is 109 Å². The van der Waals surface area contributed by atoms with Gasteiger partial charge in [0.15, 0.2) is 0 Å². The summed E-state index contributed by atoms with van der Waals surface area (Å²) in [5.41, 5.74) is -0.629. The minimum atomic E-state index is -4.42. The van der Waals surface area contributed by atoms with E-state index >= 15 is 0 Å². The summed E-state index contributed by atoms with van der Waals surface area (Å²) in [6.45, 7) is 0. The van der Waals surface area contributed by atoms with Crippen LogP contribution in [0.5, 0.6) is 5.75 Å². The van der Waals surface area contributed by atoms with Crippen LogP contribution in [-0.4, -0.2) is 6.10 Å². The van der Waals surface area contributed by atoms with Crippen molar-refractivity contribution in [3.05, 3.63) is 29.3 Å². The summed E-state index contributed by atoms with van der Waals surface area (Å²) in [6.07, 6.45) is 0.343. The van der Waals surface area contributed by atoms with E-state index < -0.39 is 11.7 Å². The van der Waals surface area contributed by atoms with Crippen LogP contribution in [0.15, 0.2) is 18.2 Å². The number of hydrogen-bond acceptors (Lipinski definition) is 2. The lowest BCUT2D eigenvalue weighted by Gasteiger charge is -2.23. The SMILES string of the molecule is N#Cc1ccc(C(F)(F)F)cc1OC1CCCCC1. The molecular formula is C14H14F3NO. The van der Waals surface area contributed by atoms with Crippen molar-refractivity contribution in [2.75, 3.05) is 0 Å². The number of rotatable bonds is 2. The van der Waals surface area contributed by atoms with Crippen LogP contribution in [0.1, 0.15) is 43.2 Å². The van der Waals surface area contributed by atoms with Gasteiger partial charge >= 0.3 is 6.18 Å². The molecule has 0 N–H and O–H groups in total. The molecule has 1 aliphatic rings. The lowest BCUT2D eigenvalue weighted by atomic mass is 9.97. The smallest absolute Gasteiger partial charge is 0.416 e. The van der Waals surface area contributed by atoms with E-state index in [9.17, 15) is 13.2 Å². The predicted octanol–water partition coefficient (Wildman–Crippen LogP) is 4.29. The Morgan fingerprint density at radius 3 is 2.42 bits per heavy atom. The van der Waals surface area contributed by atoms with Gasteiger partial charge in [-0.05, 0) is 43.9 Å². The first-order valence-corrected chi connectivity index (χ1v) is 6.28. The van der Waals surface area contributed by atoms with Crippen LogP contribution in [0.2, 0.25) is 0 Å². The highest BCUT2D eigenvalue weighted by Crippen LogP contribution is 2.34. The van der Waals surface area contributed by atoms with Crippen LogP contribution in [0.25, 0.3) is 0 Å². The third kappa shape index (κ3) is 3.40. The lowest BCUT2D eigenvalue weighted by molar-refractivity contribution is -0.137. The molecule has 0 atom stereocenters. The minimum Gasteiger partial charge on any atom is -0.489 e. The van der Waals surface area contributed by atoms with Gasteiger partial charge in [-0.1, -0.05) is 6.42 Å². The summed E-state index contributed by atoms with van der Waals surface area (Å²) < 4.78 is 43.5. The Morgan fingerprint density at radius 2 is 1.84 bits per heavy atom. The molecule has 0 aliphatic heterocycles. The van der Waals surface area contributed by atoms with Gasteiger partial charge in [-0.3, -0.25) is 0 Å². The van der Waals surface area contributed by atoms with Gasteiger partial charge in [0.25, 0.3) is 0 Å². The second-order valence-electron chi connectivity index (χ2n) is 4.70. The van der Waals surface area contributed by atoms with Gasteiger partial charge in [0.2, 0.25) is 0 Å². The average molecular weight is 269 g/mol. The molecule has 0 spiro atoms. The second kappa shape index (κ2) is 5.52. The van der Waals surface area contributed by atoms with Crippen LogP contribution in [0, 0.1) is 11.3 Å². The summed E-state index contributed by atoms with van der Waals surface area (Å²) in [5, 5.41) is 8.93. The normalized spacial score (nSPS) is 16.9. The third-order valence-electron chi connectivity index (χ3n) is 3.28. The molecule has 0 heterocycles. The fourth-order valence-corrected chi connectivity index (χ4v) is 2.25. The maximum Gasteiger partial charge on any atom is 0.416 e. The highest BCUT2D eigenvalue weighted by atomic mass is 19.4. The van der Waals surface area contributed by atoms with Crippen LogP contribution >= 0.6 is 0 Å². The monoisotopic (exact) mass is 269 g/mol. The van der Waals surface area contributed by atoms with Crippen molar-refractivity contribution in [1.82, 2.24) is 0 Å². The number of alkyl halides is 3. The minimum absolute atomic E-state index is 0.0456. The van der Waals surface area contributed by atoms with Gasteiger partial charge in [0, 0.05) is 0 Å². The van der Waals surface area contributed by atoms with Gasteiger partial charge in [-0.2, -0.15) is 18.4 Å². The molecule has 0 aromatic heterocycles. The first kappa shape index (κ1) is 13.7. The average Bonchev–Trinajstić information content (AvgIpc) is 2.39. The molecule has 1 fully saturated rings. The highest BCUT2D eigenvalue weighted by molar-refractivity contribution is 5.46. The standard InChI is InChI=1S/C14H14F3NO/c15-14(16,17)11-7-6-10(9-18)13(8-11)19-12-4-2-1-3-5-12/h6-8,12H,1-5H2. The van der Waals surface area contributed by atoms with E-state index in [0.717, 1.165) is 44.2 Å². The van der Waals surface area contributed by atoms with Crippen LogP contribution < -0.4 is 4.74 Å². The Hall–Kier alpha value is -1.70. The first-order chi connectivity index (χ1) is 9.00. The topological polar surface area (TPSA) is 33.0 Å². The molecule has 102 valence electrons. The molecule has 2 rings (SSSR count). The summed E-state index contributed by atoms with van der Waals surface area (Å²) in [5.74, 6) is 0.0456. The first-order valence-electron chi connectivity index (χ1n) is 6.28. The maximum atomic E-state index is 12.6. The number of ether oxygens (including phenoxy) is 1. The van der Waals surface area contributed by atoms with E-state index in [1.807, 2.05) is 6.07 Å². The van der Waals surface area contributed by atoms with E-state index in [0.29, 0.717) is 0 Å². The third-order valence-corrected chi connectivity index (χ3v) is 3.28. The van der Waals surface area contributed by atoms with Crippen molar-refractivity contribution >= 4 is 0 Å². The Kier molecular flexibility index (Phi) is 3.98. The Morgan fingerprint density at radius 1 is 1.16 bits per heavy atom. The molecular weight excluding hydrogens is 255 g/mol. The summed E-state index contributed by atoms with van der Waals surface area (Å²) in [7, 11) is 0. The molecule has 1 saturated carbocycles. The second-order valence-corrected chi connectivity index (χ2v) is 4.70. The Bertz CT molecular complexity index is 484. The van der Waals surface area contributed by atoms with Crippen molar-refractivity contribution in [2.24, 2.45) is 0 Å². The van der Waals surface area contributed by atoms with E-state index in [4.69, 9.17) is 10.00 Å². The molecule has 2 nitrogen and oxygen atoms in total. The Balaban J connectivity index is 2.23. The quantitative estimate of drug-likeness (QED) is 0.802. The zero-order valence-electron chi connectivity index (χ0n) is 10.3. The van der Waals surface area contributed by atoms with Crippen LogP contribution in [-0.2, 0) is 6.18 Å². The van der Waals surface area contributed by atoms with E-state index in [-0.39, 0.29) is 17.4 Å². The highest BCUT2D eigenvalue weighted by Gasteiger charge is 2.31. The summed E-state index contributed by atoms with van der Waals surface area (Å²) in [4.78, 5) is 0. The molecule has 0 amide bonds. The predicted molar refractivity (Wildman–Crippen MR) is 63.7 cm³/mol. The molecule has 5 heteroatoms. The van der Waals surface area contributed by atoms with Gasteiger partial charge in [-0.15, -0.1) is 0 Å². The van der Waals surface area contributed by atoms with Gasteiger partial charge in [0.1, 0.15) is 11.8 Å². The summed E-state index contributed by atoms with van der Waals surface area (Å²) >= 11 is 0. The fourth-order valence-electron chi connectivity index (χ4n) is 2.25. The van der Waals surface area contributed by atoms with Crippen molar-refractivity contribution in [3.8, 4) is 11.8 Å². The lowest BCUT2D eigenvalue weighted by Crippen LogP contribution is -2.20. The van der Waals surface area contributed by atoms with Gasteiger partial charge in [0.05, 0.1) is 17.2 Å². The molecule has 1 aliphatic carbocycles. The number of nitrogens with zero attached hydrogens (tertiary/aromatic N) is 1. The number of nitriles is 1. The maximum absolute atomic E-state index is 12.6. The fraction of sp³-hybridized carbons (Fsp3) is 0.500. The number of hydrogen-bond donors (Lipinski definition) is 0. The van der Waals surface area contributed by atoms with Crippen molar-refractivity contribution < 1.29 is 17.9 Å². The summed E-state index contributed by atoms with van der Waals surface area (Å²) in [6, 6.07) is 4.87. The molecule has 1 aromatic carbocycles. The largest absolute Gasteiger partial charge is 0.489 e. The molecule has 0 unspecified atom stereocenters. The van der Waals surface area contributed by atoms with Crippen molar-refractivity contribution in [3.63, 3.8) is 0 Å². The van der Waals surface area contributed by atoms with E-state index in [2.05, 4.69) is 0 Å². The van der Waals surface area contributed by atoms with E-state index in [1.54, 1.807) is 0 Å². The van der Waals surface area contributed by atoms with Crippen LogP contribution in [0.3, 0.4) is 0 Å². The van der Waals surface area contributed by atoms with Crippen molar-refractivity contribution in [2.45, 2.75) is 44.4 Å². The molecule has 0 saturated heterocycles. The molecule has 1 aromatic rings. The van der Waals surface area contributed by atoms with E-state index in [1.165, 1.54) is 6.07 Å². The van der Waals surface area contributed by atoms with Gasteiger partial charge in [-0.25, -0.2) is 0 Å². The van der Waals surface area contributed by atoms with Crippen molar-refractivity contribution in [1.29, 1.82) is 5.26 Å². The number of benzene rings is 1. The van der Waals surface area contributed by atoms with Crippen LogP contribution in [0.4, 0.5) is 13.2 Å². The van der Waals surface area contributed by atoms with Gasteiger partial charge < -0.3 is 4.74 Å². The zero-order chi connectivity index (χ0) is 13.9. The zero-order valence-corrected chi connectivity index (χ0v) is 10.3.